The van der Waals surface area contributed by atoms with E-state index in [0.29, 0.717) is 18.1 Å². The van der Waals surface area contributed by atoms with Gasteiger partial charge in [-0.3, -0.25) is 4.79 Å². The van der Waals surface area contributed by atoms with Crippen LogP contribution in [0.1, 0.15) is 6.42 Å². The summed E-state index contributed by atoms with van der Waals surface area (Å²) >= 11 is 5.86. The summed E-state index contributed by atoms with van der Waals surface area (Å²) in [5.41, 5.74) is 7.51. The molecule has 0 saturated heterocycles. The summed E-state index contributed by atoms with van der Waals surface area (Å²) < 4.78 is 1.69. The molecule has 2 rings (SSSR count). The second-order valence-corrected chi connectivity index (χ2v) is 4.53. The van der Waals surface area contributed by atoms with Crippen LogP contribution >= 0.6 is 11.6 Å². The van der Waals surface area contributed by atoms with Gasteiger partial charge in [-0.25, -0.2) is 0 Å². The maximum Gasteiger partial charge on any atom is 0.250 e. The number of nitrogens with zero attached hydrogens (tertiary/aromatic N) is 1. The van der Waals surface area contributed by atoms with E-state index >= 15 is 0 Å². The van der Waals surface area contributed by atoms with Crippen LogP contribution in [0.25, 0.3) is 11.1 Å². The molecule has 0 amide bonds. The molecule has 0 aliphatic heterocycles. The highest BCUT2D eigenvalue weighted by atomic mass is 35.5. The Balaban J connectivity index is 2.34. The van der Waals surface area contributed by atoms with Gasteiger partial charge in [0.25, 0.3) is 5.56 Å². The van der Waals surface area contributed by atoms with Crippen LogP contribution in [-0.2, 0) is 6.54 Å². The van der Waals surface area contributed by atoms with Crippen molar-refractivity contribution in [2.75, 3.05) is 6.54 Å². The molecule has 0 aliphatic rings. The van der Waals surface area contributed by atoms with Crippen molar-refractivity contribution in [1.82, 2.24) is 4.57 Å². The highest BCUT2D eigenvalue weighted by Crippen LogP contribution is 2.20. The zero-order valence-corrected chi connectivity index (χ0v) is 10.7. The Bertz CT molecular complexity index is 575. The van der Waals surface area contributed by atoms with E-state index in [1.807, 2.05) is 36.5 Å². The van der Waals surface area contributed by atoms with Gasteiger partial charge in [-0.05, 0) is 42.3 Å². The number of aryl methyl sites for hydroxylation is 1. The number of pyridine rings is 1. The lowest BCUT2D eigenvalue weighted by molar-refractivity contribution is 0.630. The van der Waals surface area contributed by atoms with Crippen molar-refractivity contribution in [1.29, 1.82) is 0 Å². The van der Waals surface area contributed by atoms with Crippen LogP contribution in [0.3, 0.4) is 0 Å². The summed E-state index contributed by atoms with van der Waals surface area (Å²) in [6.45, 7) is 1.23. The number of rotatable bonds is 4. The van der Waals surface area contributed by atoms with Crippen molar-refractivity contribution in [2.45, 2.75) is 13.0 Å². The Labute approximate surface area is 111 Å². The minimum atomic E-state index is 0.00108. The van der Waals surface area contributed by atoms with Gasteiger partial charge in [-0.2, -0.15) is 0 Å². The molecular formula is C14H15ClN2O. The third kappa shape index (κ3) is 3.00. The fourth-order valence-corrected chi connectivity index (χ4v) is 1.91. The fraction of sp³-hybridized carbons (Fsp3) is 0.214. The van der Waals surface area contributed by atoms with Crippen LogP contribution in [0.15, 0.2) is 47.4 Å². The minimum absolute atomic E-state index is 0.00108. The van der Waals surface area contributed by atoms with E-state index in [2.05, 4.69) is 0 Å². The Morgan fingerprint density at radius 3 is 2.39 bits per heavy atom. The van der Waals surface area contributed by atoms with Gasteiger partial charge >= 0.3 is 0 Å². The smallest absolute Gasteiger partial charge is 0.250 e. The lowest BCUT2D eigenvalue weighted by Gasteiger charge is -2.08. The molecule has 3 nitrogen and oxygen atoms in total. The van der Waals surface area contributed by atoms with E-state index in [1.165, 1.54) is 0 Å². The number of benzene rings is 1. The highest BCUT2D eigenvalue weighted by molar-refractivity contribution is 6.30. The summed E-state index contributed by atoms with van der Waals surface area (Å²) in [7, 11) is 0. The molecule has 0 spiro atoms. The zero-order chi connectivity index (χ0) is 13.0. The van der Waals surface area contributed by atoms with Crippen LogP contribution in [-0.4, -0.2) is 11.1 Å². The van der Waals surface area contributed by atoms with E-state index in [1.54, 1.807) is 10.6 Å². The predicted molar refractivity (Wildman–Crippen MR) is 74.8 cm³/mol. The van der Waals surface area contributed by atoms with Crippen LogP contribution in [0.5, 0.6) is 0 Å². The normalized spacial score (nSPS) is 10.6. The molecule has 1 heterocycles. The standard InChI is InChI=1S/C14H15ClN2O/c15-13-5-2-11(3-6-13)12-4-7-14(18)17(10-12)9-1-8-16/h2-7,10H,1,8-9,16H2. The van der Waals surface area contributed by atoms with Gasteiger partial charge in [0.15, 0.2) is 0 Å². The van der Waals surface area contributed by atoms with Crippen molar-refractivity contribution in [2.24, 2.45) is 5.73 Å². The quantitative estimate of drug-likeness (QED) is 0.920. The van der Waals surface area contributed by atoms with Crippen LogP contribution in [0, 0.1) is 0 Å². The summed E-state index contributed by atoms with van der Waals surface area (Å²) in [6, 6.07) is 11.0. The minimum Gasteiger partial charge on any atom is -0.330 e. The highest BCUT2D eigenvalue weighted by Gasteiger charge is 2.01. The molecule has 1 aromatic carbocycles. The third-order valence-electron chi connectivity index (χ3n) is 2.76. The maximum absolute atomic E-state index is 11.7. The number of halogens is 1. The molecule has 4 heteroatoms. The van der Waals surface area contributed by atoms with Gasteiger partial charge in [0.1, 0.15) is 0 Å². The molecule has 2 N–H and O–H groups in total. The first-order valence-corrected chi connectivity index (χ1v) is 6.25. The van der Waals surface area contributed by atoms with E-state index in [-0.39, 0.29) is 5.56 Å². The van der Waals surface area contributed by atoms with Gasteiger partial charge in [-0.15, -0.1) is 0 Å². The van der Waals surface area contributed by atoms with Gasteiger partial charge in [-0.1, -0.05) is 23.7 Å². The van der Waals surface area contributed by atoms with E-state index in [0.717, 1.165) is 17.5 Å². The van der Waals surface area contributed by atoms with Gasteiger partial charge < -0.3 is 10.3 Å². The molecule has 1 aromatic heterocycles. The summed E-state index contributed by atoms with van der Waals surface area (Å²) in [6.07, 6.45) is 2.66. The predicted octanol–water partition coefficient (Wildman–Crippen LogP) is 2.52. The third-order valence-corrected chi connectivity index (χ3v) is 3.02. The van der Waals surface area contributed by atoms with Crippen molar-refractivity contribution < 1.29 is 0 Å². The van der Waals surface area contributed by atoms with Crippen molar-refractivity contribution >= 4 is 11.6 Å². The number of nitrogens with two attached hydrogens (primary N) is 1. The lowest BCUT2D eigenvalue weighted by atomic mass is 10.1. The molecule has 0 fully saturated rings. The molecule has 0 unspecified atom stereocenters. The summed E-state index contributed by atoms with van der Waals surface area (Å²) in [4.78, 5) is 11.7. The first-order chi connectivity index (χ1) is 8.70. The molecule has 0 saturated carbocycles. The molecular weight excluding hydrogens is 248 g/mol. The number of aromatic nitrogens is 1. The van der Waals surface area contributed by atoms with Crippen LogP contribution < -0.4 is 11.3 Å². The largest absolute Gasteiger partial charge is 0.330 e. The van der Waals surface area contributed by atoms with Gasteiger partial charge in [0, 0.05) is 23.8 Å². The SMILES string of the molecule is NCCCn1cc(-c2ccc(Cl)cc2)ccc1=O. The van der Waals surface area contributed by atoms with Crippen molar-refractivity contribution in [3.63, 3.8) is 0 Å². The Morgan fingerprint density at radius 1 is 1.06 bits per heavy atom. The molecule has 18 heavy (non-hydrogen) atoms. The lowest BCUT2D eigenvalue weighted by Crippen LogP contribution is -2.20. The average Bonchev–Trinajstić information content (AvgIpc) is 2.39. The monoisotopic (exact) mass is 262 g/mol. The molecule has 0 aliphatic carbocycles. The number of hydrogen-bond donors (Lipinski definition) is 1. The number of hydrogen-bond acceptors (Lipinski definition) is 2. The first kappa shape index (κ1) is 12.9. The second-order valence-electron chi connectivity index (χ2n) is 4.10. The fourth-order valence-electron chi connectivity index (χ4n) is 1.78. The topological polar surface area (TPSA) is 48.0 Å². The van der Waals surface area contributed by atoms with Gasteiger partial charge in [0.2, 0.25) is 0 Å². The van der Waals surface area contributed by atoms with E-state index < -0.39 is 0 Å². The maximum atomic E-state index is 11.7. The van der Waals surface area contributed by atoms with Crippen LogP contribution in [0.4, 0.5) is 0 Å². The second kappa shape index (κ2) is 5.85. The van der Waals surface area contributed by atoms with Crippen LogP contribution in [0.2, 0.25) is 5.02 Å². The summed E-state index contributed by atoms with van der Waals surface area (Å²) in [5, 5.41) is 0.704. The van der Waals surface area contributed by atoms with Crippen molar-refractivity contribution in [3.8, 4) is 11.1 Å². The van der Waals surface area contributed by atoms with Crippen molar-refractivity contribution in [3.05, 3.63) is 58.0 Å². The molecule has 2 aromatic rings. The first-order valence-electron chi connectivity index (χ1n) is 5.87. The molecule has 0 radical (unpaired) electrons. The van der Waals surface area contributed by atoms with Gasteiger partial charge in [0.05, 0.1) is 0 Å². The molecule has 0 bridgehead atoms. The Morgan fingerprint density at radius 2 is 1.72 bits per heavy atom. The summed E-state index contributed by atoms with van der Waals surface area (Å²) in [5.74, 6) is 0. The molecule has 0 atom stereocenters. The molecule has 94 valence electrons. The zero-order valence-electron chi connectivity index (χ0n) is 9.97. The van der Waals surface area contributed by atoms with E-state index in [4.69, 9.17) is 17.3 Å². The Hall–Kier alpha value is -1.58. The Kier molecular flexibility index (Phi) is 4.18. The average molecular weight is 263 g/mol. The van der Waals surface area contributed by atoms with E-state index in [9.17, 15) is 4.79 Å².